The standard InChI is InChI=1S/C19H16N6S4/c1-20-24-18(26-14-21-12-15-8-4-2-5-9-15)28-29-19-25-23-17(27-19)22-13-16-10-6-3-7-11-16/h2-13H,1,14H2/b21-12+,22-13+,24-18+. The van der Waals surface area contributed by atoms with Gasteiger partial charge in [-0.1, -0.05) is 83.8 Å². The maximum Gasteiger partial charge on any atom is 0.232 e. The molecule has 1 heterocycles. The normalized spacial score (nSPS) is 12.1. The Morgan fingerprint density at radius 1 is 0.966 bits per heavy atom. The summed E-state index contributed by atoms with van der Waals surface area (Å²) < 4.78 is 1.54. The first-order valence-electron chi connectivity index (χ1n) is 8.32. The summed E-state index contributed by atoms with van der Waals surface area (Å²) in [5.74, 6) is 0.541. The number of hydrogen-bond acceptors (Lipinski definition) is 10. The molecule has 0 amide bonds. The third-order valence-corrected chi connectivity index (χ3v) is 7.86. The minimum absolute atomic E-state index is 0.541. The van der Waals surface area contributed by atoms with E-state index in [4.69, 9.17) is 0 Å². The molecular weight excluding hydrogens is 441 g/mol. The van der Waals surface area contributed by atoms with E-state index < -0.39 is 0 Å². The van der Waals surface area contributed by atoms with E-state index in [-0.39, 0.29) is 0 Å². The molecule has 3 rings (SSSR count). The van der Waals surface area contributed by atoms with Gasteiger partial charge < -0.3 is 0 Å². The second-order valence-corrected chi connectivity index (χ2v) is 9.70. The second-order valence-electron chi connectivity index (χ2n) is 5.19. The van der Waals surface area contributed by atoms with Crippen molar-refractivity contribution in [3.05, 3.63) is 71.8 Å². The lowest BCUT2D eigenvalue weighted by molar-refractivity contribution is 1.01. The highest BCUT2D eigenvalue weighted by Crippen LogP contribution is 2.38. The van der Waals surface area contributed by atoms with E-state index in [0.29, 0.717) is 11.0 Å². The van der Waals surface area contributed by atoms with Crippen LogP contribution in [0.25, 0.3) is 0 Å². The number of aromatic nitrogens is 2. The quantitative estimate of drug-likeness (QED) is 0.185. The summed E-state index contributed by atoms with van der Waals surface area (Å²) in [5, 5.41) is 16.5. The fourth-order valence-corrected chi connectivity index (χ4v) is 5.73. The Hall–Kier alpha value is -2.27. The molecule has 0 unspecified atom stereocenters. The average Bonchev–Trinajstić information content (AvgIpc) is 3.23. The van der Waals surface area contributed by atoms with Gasteiger partial charge in [-0.15, -0.1) is 15.3 Å². The number of hydrogen-bond donors (Lipinski definition) is 0. The first-order valence-corrected chi connectivity index (χ1v) is 12.3. The SMILES string of the molecule is C=N/N=C(\SC/N=C/c1ccccc1)SSc1nnc(/N=C/c2ccccc2)s1. The highest BCUT2D eigenvalue weighted by atomic mass is 33.1. The second kappa shape index (κ2) is 12.3. The molecule has 0 bridgehead atoms. The largest absolute Gasteiger partial charge is 0.281 e. The zero-order chi connectivity index (χ0) is 20.2. The molecule has 3 aromatic rings. The van der Waals surface area contributed by atoms with Crippen molar-refractivity contribution in [2.75, 3.05) is 5.88 Å². The van der Waals surface area contributed by atoms with E-state index in [2.05, 4.69) is 37.1 Å². The Balaban J connectivity index is 1.48. The topological polar surface area (TPSA) is 75.2 Å². The van der Waals surface area contributed by atoms with Crippen LogP contribution in [0.5, 0.6) is 0 Å². The van der Waals surface area contributed by atoms with Crippen molar-refractivity contribution in [3.8, 4) is 0 Å². The van der Waals surface area contributed by atoms with Gasteiger partial charge in [-0.05, 0) is 32.7 Å². The molecule has 0 radical (unpaired) electrons. The third kappa shape index (κ3) is 7.94. The fourth-order valence-electron chi connectivity index (χ4n) is 1.93. The van der Waals surface area contributed by atoms with Crippen molar-refractivity contribution in [1.82, 2.24) is 10.2 Å². The van der Waals surface area contributed by atoms with Crippen LogP contribution in [0.4, 0.5) is 5.13 Å². The van der Waals surface area contributed by atoms with Crippen LogP contribution in [0.15, 0.2) is 85.2 Å². The smallest absolute Gasteiger partial charge is 0.232 e. The summed E-state index contributed by atoms with van der Waals surface area (Å²) >= 11 is 2.91. The summed E-state index contributed by atoms with van der Waals surface area (Å²) in [7, 11) is 2.91. The molecule has 2 aromatic carbocycles. The molecule has 0 saturated heterocycles. The zero-order valence-corrected chi connectivity index (χ0v) is 18.4. The maximum absolute atomic E-state index is 4.40. The molecule has 0 N–H and O–H groups in total. The highest BCUT2D eigenvalue weighted by molar-refractivity contribution is 8.86. The zero-order valence-electron chi connectivity index (χ0n) is 15.2. The van der Waals surface area contributed by atoms with Crippen LogP contribution in [0.3, 0.4) is 0 Å². The lowest BCUT2D eigenvalue weighted by atomic mass is 10.2. The molecule has 0 aliphatic carbocycles. The van der Waals surface area contributed by atoms with E-state index in [1.54, 1.807) is 6.21 Å². The van der Waals surface area contributed by atoms with Crippen LogP contribution in [0.2, 0.25) is 0 Å². The summed E-state index contributed by atoms with van der Waals surface area (Å²) in [4.78, 5) is 8.77. The third-order valence-electron chi connectivity index (χ3n) is 3.16. The van der Waals surface area contributed by atoms with E-state index in [0.717, 1.165) is 19.8 Å². The molecule has 0 atom stereocenters. The summed E-state index contributed by atoms with van der Waals surface area (Å²) in [5.41, 5.74) is 2.08. The van der Waals surface area contributed by atoms with Crippen LogP contribution in [0.1, 0.15) is 11.1 Å². The molecule has 0 fully saturated rings. The van der Waals surface area contributed by atoms with Crippen molar-refractivity contribution >= 4 is 73.3 Å². The number of thioether (sulfide) groups is 1. The molecule has 0 aliphatic heterocycles. The lowest BCUT2D eigenvalue weighted by Crippen LogP contribution is -1.86. The Morgan fingerprint density at radius 3 is 2.34 bits per heavy atom. The van der Waals surface area contributed by atoms with Crippen LogP contribution in [-0.2, 0) is 0 Å². The first kappa shape index (κ1) is 21.4. The molecule has 0 saturated carbocycles. The highest BCUT2D eigenvalue weighted by Gasteiger charge is 2.08. The van der Waals surface area contributed by atoms with Crippen LogP contribution in [0, 0.1) is 0 Å². The van der Waals surface area contributed by atoms with Crippen LogP contribution >= 0.6 is 44.7 Å². The number of benzene rings is 2. The molecule has 146 valence electrons. The molecule has 6 nitrogen and oxygen atoms in total. The van der Waals surface area contributed by atoms with Crippen molar-refractivity contribution < 1.29 is 0 Å². The Morgan fingerprint density at radius 2 is 1.66 bits per heavy atom. The molecule has 29 heavy (non-hydrogen) atoms. The Labute approximate surface area is 185 Å². The predicted octanol–water partition coefficient (Wildman–Crippen LogP) is 5.81. The van der Waals surface area contributed by atoms with Crippen LogP contribution < -0.4 is 0 Å². The Kier molecular flexibility index (Phi) is 9.11. The van der Waals surface area contributed by atoms with Gasteiger partial charge in [-0.2, -0.15) is 5.10 Å². The number of rotatable bonds is 8. The molecule has 10 heteroatoms. The minimum Gasteiger partial charge on any atom is -0.281 e. The Bertz CT molecular complexity index is 986. The number of nitrogens with zero attached hydrogens (tertiary/aromatic N) is 6. The van der Waals surface area contributed by atoms with Crippen molar-refractivity contribution in [3.63, 3.8) is 0 Å². The molecular formula is C19H16N6S4. The lowest BCUT2D eigenvalue weighted by Gasteiger charge is -1.99. The predicted molar refractivity (Wildman–Crippen MR) is 131 cm³/mol. The summed E-state index contributed by atoms with van der Waals surface area (Å²) in [6.07, 6.45) is 3.61. The summed E-state index contributed by atoms with van der Waals surface area (Å²) in [6, 6.07) is 19.8. The van der Waals surface area contributed by atoms with Gasteiger partial charge in [0.25, 0.3) is 0 Å². The molecule has 1 aromatic heterocycles. The van der Waals surface area contributed by atoms with Gasteiger partial charge in [0.15, 0.2) is 8.72 Å². The van der Waals surface area contributed by atoms with Crippen LogP contribution in [-0.4, -0.2) is 39.6 Å². The van der Waals surface area contributed by atoms with Gasteiger partial charge in [0, 0.05) is 19.1 Å². The van der Waals surface area contributed by atoms with Gasteiger partial charge in [-0.3, -0.25) is 4.99 Å². The van der Waals surface area contributed by atoms with E-state index in [9.17, 15) is 0 Å². The average molecular weight is 457 g/mol. The van der Waals surface area contributed by atoms with Gasteiger partial charge in [0.05, 0.1) is 5.88 Å². The monoisotopic (exact) mass is 456 g/mol. The first-order chi connectivity index (χ1) is 14.3. The molecule has 0 aliphatic rings. The maximum atomic E-state index is 4.40. The van der Waals surface area contributed by atoms with E-state index in [1.807, 2.05) is 66.9 Å². The van der Waals surface area contributed by atoms with Crippen molar-refractivity contribution in [2.45, 2.75) is 4.34 Å². The van der Waals surface area contributed by atoms with E-state index >= 15 is 0 Å². The van der Waals surface area contributed by atoms with Gasteiger partial charge in [0.2, 0.25) is 5.13 Å². The van der Waals surface area contributed by atoms with Crippen molar-refractivity contribution in [2.24, 2.45) is 20.2 Å². The van der Waals surface area contributed by atoms with Gasteiger partial charge >= 0.3 is 0 Å². The molecule has 0 spiro atoms. The number of aliphatic imine (C=N–C) groups is 2. The minimum atomic E-state index is 0.541. The summed E-state index contributed by atoms with van der Waals surface area (Å²) in [6.45, 7) is 3.43. The fraction of sp³-hybridized carbons (Fsp3) is 0.0526. The van der Waals surface area contributed by atoms with Crippen molar-refractivity contribution in [1.29, 1.82) is 0 Å². The van der Waals surface area contributed by atoms with Gasteiger partial charge in [0.1, 0.15) is 0 Å². The van der Waals surface area contributed by atoms with Gasteiger partial charge in [-0.25, -0.2) is 4.99 Å². The van der Waals surface area contributed by atoms with E-state index in [1.165, 1.54) is 44.7 Å².